The lowest BCUT2D eigenvalue weighted by Gasteiger charge is -2.34. The van der Waals surface area contributed by atoms with E-state index in [0.717, 1.165) is 5.69 Å². The Morgan fingerprint density at radius 3 is 2.50 bits per heavy atom. The van der Waals surface area contributed by atoms with Gasteiger partial charge in [0.25, 0.3) is 5.91 Å². The van der Waals surface area contributed by atoms with Crippen LogP contribution in [0.2, 0.25) is 0 Å². The number of amides is 2. The van der Waals surface area contributed by atoms with Gasteiger partial charge >= 0.3 is 0 Å². The quantitative estimate of drug-likeness (QED) is 0.800. The molecule has 0 atom stereocenters. The van der Waals surface area contributed by atoms with E-state index in [4.69, 9.17) is 9.47 Å². The van der Waals surface area contributed by atoms with Gasteiger partial charge in [0.2, 0.25) is 5.91 Å². The number of hydrogen-bond donors (Lipinski definition) is 0. The molecule has 1 saturated heterocycles. The van der Waals surface area contributed by atoms with E-state index in [1.54, 1.807) is 47.5 Å². The molecule has 0 N–H and O–H groups in total. The van der Waals surface area contributed by atoms with Crippen LogP contribution in [-0.2, 0) is 11.4 Å². The monoisotopic (exact) mass is 375 g/mol. The molecular formula is C18H21N3O4S. The molecule has 138 valence electrons. The van der Waals surface area contributed by atoms with Crippen molar-refractivity contribution in [3.05, 3.63) is 40.3 Å². The van der Waals surface area contributed by atoms with Crippen molar-refractivity contribution in [3.63, 3.8) is 0 Å². The Hall–Kier alpha value is -2.61. The summed E-state index contributed by atoms with van der Waals surface area (Å²) in [4.78, 5) is 31.8. The molecule has 0 aliphatic carbocycles. The van der Waals surface area contributed by atoms with Crippen LogP contribution >= 0.6 is 11.3 Å². The minimum atomic E-state index is -0.0717. The van der Waals surface area contributed by atoms with E-state index in [2.05, 4.69) is 4.98 Å². The molecule has 1 fully saturated rings. The van der Waals surface area contributed by atoms with Gasteiger partial charge in [-0.25, -0.2) is 4.98 Å². The molecule has 0 spiro atoms. The first-order chi connectivity index (χ1) is 12.6. The van der Waals surface area contributed by atoms with Crippen LogP contribution < -0.4 is 9.47 Å². The third-order valence-corrected chi connectivity index (χ3v) is 4.92. The molecule has 0 unspecified atom stereocenters. The van der Waals surface area contributed by atoms with Crippen molar-refractivity contribution in [2.75, 3.05) is 33.3 Å². The molecule has 8 heteroatoms. The molecule has 7 nitrogen and oxygen atoms in total. The normalized spacial score (nSPS) is 14.2. The standard InChI is InChI=1S/C18H21N3O4S/c1-13(22)20-5-7-21(8-6-20)18(23)14-3-4-16(17(9-14)24-2)25-10-15-11-26-12-19-15/h3-4,9,11-12H,5-8,10H2,1-2H3. The van der Waals surface area contributed by atoms with Gasteiger partial charge in [-0.3, -0.25) is 9.59 Å². The topological polar surface area (TPSA) is 72.0 Å². The van der Waals surface area contributed by atoms with Crippen LogP contribution in [-0.4, -0.2) is 59.9 Å². The predicted molar refractivity (Wildman–Crippen MR) is 97.6 cm³/mol. The fraction of sp³-hybridized carbons (Fsp3) is 0.389. The highest BCUT2D eigenvalue weighted by atomic mass is 32.1. The number of hydrogen-bond acceptors (Lipinski definition) is 6. The molecule has 2 aromatic rings. The molecule has 1 aliphatic heterocycles. The maximum absolute atomic E-state index is 12.7. The van der Waals surface area contributed by atoms with Gasteiger partial charge < -0.3 is 19.3 Å². The predicted octanol–water partition coefficient (Wildman–Crippen LogP) is 2.03. The Morgan fingerprint density at radius 2 is 1.88 bits per heavy atom. The van der Waals surface area contributed by atoms with Crippen molar-refractivity contribution >= 4 is 23.2 Å². The molecular weight excluding hydrogens is 354 g/mol. The number of methoxy groups -OCH3 is 1. The van der Waals surface area contributed by atoms with Crippen LogP contribution in [0.4, 0.5) is 0 Å². The summed E-state index contributed by atoms with van der Waals surface area (Å²) in [5.41, 5.74) is 3.14. The number of aromatic nitrogens is 1. The number of piperazine rings is 1. The third kappa shape index (κ3) is 4.13. The fourth-order valence-corrected chi connectivity index (χ4v) is 3.33. The largest absolute Gasteiger partial charge is 0.493 e. The average molecular weight is 375 g/mol. The Morgan fingerprint density at radius 1 is 1.15 bits per heavy atom. The Labute approximate surface area is 156 Å². The molecule has 0 bridgehead atoms. The van der Waals surface area contributed by atoms with E-state index in [9.17, 15) is 9.59 Å². The summed E-state index contributed by atoms with van der Waals surface area (Å²) >= 11 is 1.51. The average Bonchev–Trinajstić information content (AvgIpc) is 3.19. The zero-order chi connectivity index (χ0) is 18.5. The molecule has 1 aromatic carbocycles. The van der Waals surface area contributed by atoms with E-state index >= 15 is 0 Å². The first-order valence-corrected chi connectivity index (χ1v) is 9.25. The van der Waals surface area contributed by atoms with Gasteiger partial charge in [-0.2, -0.15) is 0 Å². The number of thiazole rings is 1. The second-order valence-electron chi connectivity index (χ2n) is 5.93. The summed E-state index contributed by atoms with van der Waals surface area (Å²) in [7, 11) is 1.55. The molecule has 2 heterocycles. The van der Waals surface area contributed by atoms with Crippen LogP contribution in [0, 0.1) is 0 Å². The molecule has 26 heavy (non-hydrogen) atoms. The summed E-state index contributed by atoms with van der Waals surface area (Å²) in [5.74, 6) is 1.05. The van der Waals surface area contributed by atoms with Crippen molar-refractivity contribution in [1.82, 2.24) is 14.8 Å². The summed E-state index contributed by atoms with van der Waals surface area (Å²) in [5, 5.41) is 1.92. The first kappa shape index (κ1) is 18.2. The van der Waals surface area contributed by atoms with Crippen LogP contribution in [0.25, 0.3) is 0 Å². The second-order valence-corrected chi connectivity index (χ2v) is 6.65. The summed E-state index contributed by atoms with van der Waals surface area (Å²) < 4.78 is 11.1. The number of benzene rings is 1. The van der Waals surface area contributed by atoms with Gasteiger partial charge in [0.1, 0.15) is 6.61 Å². The Kier molecular flexibility index (Phi) is 5.72. The number of rotatable bonds is 5. The SMILES string of the molecule is COc1cc(C(=O)N2CCN(C(C)=O)CC2)ccc1OCc1cscn1. The number of ether oxygens (including phenoxy) is 2. The first-order valence-electron chi connectivity index (χ1n) is 8.31. The van der Waals surface area contributed by atoms with Crippen LogP contribution in [0.5, 0.6) is 11.5 Å². The van der Waals surface area contributed by atoms with Gasteiger partial charge in [-0.05, 0) is 18.2 Å². The highest BCUT2D eigenvalue weighted by Gasteiger charge is 2.24. The molecule has 0 saturated carbocycles. The molecule has 1 aromatic heterocycles. The van der Waals surface area contributed by atoms with E-state index in [1.807, 2.05) is 5.38 Å². The molecule has 3 rings (SSSR count). The Bertz CT molecular complexity index is 771. The summed E-state index contributed by atoms with van der Waals surface area (Å²) in [6.45, 7) is 4.08. The minimum Gasteiger partial charge on any atom is -0.493 e. The van der Waals surface area contributed by atoms with E-state index < -0.39 is 0 Å². The zero-order valence-corrected chi connectivity index (χ0v) is 15.6. The maximum atomic E-state index is 12.7. The molecule has 1 aliphatic rings. The van der Waals surface area contributed by atoms with E-state index in [-0.39, 0.29) is 11.8 Å². The number of carbonyl (C=O) groups is 2. The van der Waals surface area contributed by atoms with Crippen LogP contribution in [0.3, 0.4) is 0 Å². The van der Waals surface area contributed by atoms with Gasteiger partial charge in [-0.15, -0.1) is 11.3 Å². The lowest BCUT2D eigenvalue weighted by atomic mass is 10.1. The van der Waals surface area contributed by atoms with E-state index in [0.29, 0.717) is 49.8 Å². The fourth-order valence-electron chi connectivity index (χ4n) is 2.79. The Balaban J connectivity index is 1.66. The van der Waals surface area contributed by atoms with Gasteiger partial charge in [0.05, 0.1) is 18.3 Å². The van der Waals surface area contributed by atoms with Crippen LogP contribution in [0.15, 0.2) is 29.1 Å². The summed E-state index contributed by atoms with van der Waals surface area (Å²) in [6.07, 6.45) is 0. The second kappa shape index (κ2) is 8.18. The van der Waals surface area contributed by atoms with Crippen molar-refractivity contribution in [2.24, 2.45) is 0 Å². The highest BCUT2D eigenvalue weighted by Crippen LogP contribution is 2.29. The smallest absolute Gasteiger partial charge is 0.254 e. The zero-order valence-electron chi connectivity index (χ0n) is 14.8. The van der Waals surface area contributed by atoms with Crippen molar-refractivity contribution in [3.8, 4) is 11.5 Å². The number of carbonyl (C=O) groups excluding carboxylic acids is 2. The lowest BCUT2D eigenvalue weighted by Crippen LogP contribution is -2.50. The summed E-state index contributed by atoms with van der Waals surface area (Å²) in [6, 6.07) is 5.17. The highest BCUT2D eigenvalue weighted by molar-refractivity contribution is 7.07. The lowest BCUT2D eigenvalue weighted by molar-refractivity contribution is -0.130. The van der Waals surface area contributed by atoms with Crippen LogP contribution in [0.1, 0.15) is 23.0 Å². The maximum Gasteiger partial charge on any atom is 0.254 e. The van der Waals surface area contributed by atoms with Gasteiger partial charge in [-0.1, -0.05) is 0 Å². The molecule has 2 amide bonds. The minimum absolute atomic E-state index is 0.0420. The van der Waals surface area contributed by atoms with Crippen molar-refractivity contribution in [1.29, 1.82) is 0 Å². The van der Waals surface area contributed by atoms with Crippen molar-refractivity contribution in [2.45, 2.75) is 13.5 Å². The van der Waals surface area contributed by atoms with Gasteiger partial charge in [0, 0.05) is 44.0 Å². The number of nitrogens with zero attached hydrogens (tertiary/aromatic N) is 3. The molecule has 0 radical (unpaired) electrons. The van der Waals surface area contributed by atoms with Gasteiger partial charge in [0.15, 0.2) is 11.5 Å². The van der Waals surface area contributed by atoms with E-state index in [1.165, 1.54) is 11.3 Å². The third-order valence-electron chi connectivity index (χ3n) is 4.28. The van der Waals surface area contributed by atoms with Crippen molar-refractivity contribution < 1.29 is 19.1 Å².